The summed E-state index contributed by atoms with van der Waals surface area (Å²) < 4.78 is 5.48. The van der Waals surface area contributed by atoms with Crippen LogP contribution in [0.1, 0.15) is 17.3 Å². The van der Waals surface area contributed by atoms with E-state index in [1.54, 1.807) is 11.0 Å². The number of nitrogens with two attached hydrogens (primary N) is 1. The summed E-state index contributed by atoms with van der Waals surface area (Å²) in [6, 6.07) is 4.42. The van der Waals surface area contributed by atoms with Crippen LogP contribution < -0.4 is 5.73 Å². The molecule has 19 heavy (non-hydrogen) atoms. The van der Waals surface area contributed by atoms with Crippen molar-refractivity contribution in [3.05, 3.63) is 23.8 Å². The Labute approximate surface area is 111 Å². The zero-order valence-corrected chi connectivity index (χ0v) is 10.7. The van der Waals surface area contributed by atoms with Gasteiger partial charge in [0.05, 0.1) is 24.5 Å². The highest BCUT2D eigenvalue weighted by Crippen LogP contribution is 2.22. The van der Waals surface area contributed by atoms with Crippen molar-refractivity contribution in [1.29, 1.82) is 0 Å². The first-order valence-corrected chi connectivity index (χ1v) is 6.15. The zero-order valence-electron chi connectivity index (χ0n) is 10.7. The van der Waals surface area contributed by atoms with Crippen LogP contribution in [0.2, 0.25) is 0 Å². The molecule has 0 aromatic heterocycles. The number of phenolic OH excluding ortho intramolecular Hbond substituents is 1. The molecule has 6 nitrogen and oxygen atoms in total. The van der Waals surface area contributed by atoms with Crippen molar-refractivity contribution in [3.63, 3.8) is 0 Å². The summed E-state index contributed by atoms with van der Waals surface area (Å²) in [7, 11) is 0. The van der Waals surface area contributed by atoms with E-state index in [4.69, 9.17) is 15.6 Å². The van der Waals surface area contributed by atoms with Crippen LogP contribution in [0.3, 0.4) is 0 Å². The van der Waals surface area contributed by atoms with Crippen LogP contribution in [0.25, 0.3) is 0 Å². The number of ether oxygens (including phenoxy) is 1. The number of anilines is 1. The fourth-order valence-electron chi connectivity index (χ4n) is 2.17. The second-order valence-electron chi connectivity index (χ2n) is 4.74. The number of amides is 1. The molecule has 0 spiro atoms. The molecular formula is C13H18N2O4. The number of nitrogens with zero attached hydrogens (tertiary/aromatic N) is 1. The lowest BCUT2D eigenvalue weighted by Crippen LogP contribution is -2.50. The molecule has 1 saturated heterocycles. The molecule has 2 unspecified atom stereocenters. The minimum Gasteiger partial charge on any atom is -0.506 e. The van der Waals surface area contributed by atoms with Crippen LogP contribution in [-0.2, 0) is 4.74 Å². The van der Waals surface area contributed by atoms with Gasteiger partial charge in [0, 0.05) is 18.7 Å². The second-order valence-corrected chi connectivity index (χ2v) is 4.74. The summed E-state index contributed by atoms with van der Waals surface area (Å²) in [5.41, 5.74) is 6.11. The first-order valence-electron chi connectivity index (χ1n) is 6.15. The third kappa shape index (κ3) is 2.97. The average molecular weight is 266 g/mol. The fourth-order valence-corrected chi connectivity index (χ4v) is 2.17. The monoisotopic (exact) mass is 266 g/mol. The third-order valence-electron chi connectivity index (χ3n) is 3.09. The van der Waals surface area contributed by atoms with Crippen LogP contribution in [0.5, 0.6) is 5.75 Å². The first kappa shape index (κ1) is 13.6. The van der Waals surface area contributed by atoms with Gasteiger partial charge >= 0.3 is 0 Å². The van der Waals surface area contributed by atoms with E-state index in [-0.39, 0.29) is 36.2 Å². The molecule has 2 atom stereocenters. The highest BCUT2D eigenvalue weighted by atomic mass is 16.5. The van der Waals surface area contributed by atoms with Gasteiger partial charge in [-0.25, -0.2) is 0 Å². The van der Waals surface area contributed by atoms with Crippen molar-refractivity contribution >= 4 is 11.6 Å². The highest BCUT2D eigenvalue weighted by molar-refractivity contribution is 5.95. The van der Waals surface area contributed by atoms with Crippen LogP contribution in [0.4, 0.5) is 5.69 Å². The Balaban J connectivity index is 2.16. The van der Waals surface area contributed by atoms with Gasteiger partial charge in [-0.05, 0) is 25.1 Å². The number of carbonyl (C=O) groups is 1. The predicted molar refractivity (Wildman–Crippen MR) is 69.8 cm³/mol. The van der Waals surface area contributed by atoms with E-state index in [0.717, 1.165) is 0 Å². The summed E-state index contributed by atoms with van der Waals surface area (Å²) in [6.07, 6.45) is -0.493. The summed E-state index contributed by atoms with van der Waals surface area (Å²) in [5.74, 6) is -0.310. The molecule has 0 saturated carbocycles. The normalized spacial score (nSPS) is 23.4. The van der Waals surface area contributed by atoms with Crippen molar-refractivity contribution < 1.29 is 19.7 Å². The topological polar surface area (TPSA) is 96.0 Å². The van der Waals surface area contributed by atoms with Gasteiger partial charge in [0.1, 0.15) is 5.75 Å². The molecule has 1 heterocycles. The summed E-state index contributed by atoms with van der Waals surface area (Å²) in [6.45, 7) is 2.52. The van der Waals surface area contributed by atoms with Gasteiger partial charge in [0.25, 0.3) is 5.91 Å². The first-order chi connectivity index (χ1) is 9.01. The van der Waals surface area contributed by atoms with Gasteiger partial charge in [0.15, 0.2) is 0 Å². The lowest BCUT2D eigenvalue weighted by atomic mass is 10.1. The number of hydrogen-bond donors (Lipinski definition) is 3. The summed E-state index contributed by atoms with van der Waals surface area (Å²) in [4.78, 5) is 13.9. The lowest BCUT2D eigenvalue weighted by Gasteiger charge is -2.36. The number of carbonyl (C=O) groups excluding carboxylic acids is 1. The van der Waals surface area contributed by atoms with Crippen LogP contribution in [-0.4, -0.2) is 52.9 Å². The van der Waals surface area contributed by atoms with E-state index < -0.39 is 0 Å². The molecule has 1 amide bonds. The Morgan fingerprint density at radius 3 is 2.89 bits per heavy atom. The van der Waals surface area contributed by atoms with Crippen molar-refractivity contribution in [2.75, 3.05) is 25.4 Å². The number of rotatable bonds is 2. The number of phenols is 1. The maximum atomic E-state index is 12.3. The highest BCUT2D eigenvalue weighted by Gasteiger charge is 2.28. The maximum absolute atomic E-state index is 12.3. The fraction of sp³-hybridized carbons (Fsp3) is 0.462. The van der Waals surface area contributed by atoms with Gasteiger partial charge in [0.2, 0.25) is 0 Å². The summed E-state index contributed by atoms with van der Waals surface area (Å²) >= 11 is 0. The molecule has 1 fully saturated rings. The van der Waals surface area contributed by atoms with Gasteiger partial charge in [-0.2, -0.15) is 0 Å². The Morgan fingerprint density at radius 1 is 1.53 bits per heavy atom. The minimum atomic E-state index is -0.366. The molecule has 6 heteroatoms. The van der Waals surface area contributed by atoms with Crippen molar-refractivity contribution in [3.8, 4) is 5.75 Å². The van der Waals surface area contributed by atoms with E-state index in [1.807, 2.05) is 6.92 Å². The zero-order chi connectivity index (χ0) is 14.0. The smallest absolute Gasteiger partial charge is 0.254 e. The molecule has 1 aromatic rings. The third-order valence-corrected chi connectivity index (χ3v) is 3.09. The molecular weight excluding hydrogens is 248 g/mol. The Morgan fingerprint density at radius 2 is 2.26 bits per heavy atom. The van der Waals surface area contributed by atoms with E-state index in [2.05, 4.69) is 0 Å². The Bertz CT molecular complexity index is 478. The van der Waals surface area contributed by atoms with Gasteiger partial charge in [-0.15, -0.1) is 0 Å². The van der Waals surface area contributed by atoms with Crippen molar-refractivity contribution in [2.45, 2.75) is 19.1 Å². The predicted octanol–water partition coefficient (Wildman–Crippen LogP) is 0.196. The molecule has 1 aliphatic heterocycles. The Hall–Kier alpha value is -1.79. The number of morpholine rings is 1. The average Bonchev–Trinajstić information content (AvgIpc) is 2.40. The molecule has 0 aliphatic carbocycles. The molecule has 104 valence electrons. The van der Waals surface area contributed by atoms with E-state index in [9.17, 15) is 9.90 Å². The molecule has 4 N–H and O–H groups in total. The molecule has 2 rings (SSSR count). The van der Waals surface area contributed by atoms with Gasteiger partial charge < -0.3 is 25.6 Å². The summed E-state index contributed by atoms with van der Waals surface area (Å²) in [5, 5.41) is 18.7. The molecule has 0 bridgehead atoms. The number of benzene rings is 1. The number of aliphatic hydroxyl groups is 1. The van der Waals surface area contributed by atoms with Crippen LogP contribution >= 0.6 is 0 Å². The van der Waals surface area contributed by atoms with Gasteiger partial charge in [-0.3, -0.25) is 4.79 Å². The minimum absolute atomic E-state index is 0.106. The Kier molecular flexibility index (Phi) is 3.92. The van der Waals surface area contributed by atoms with Crippen LogP contribution in [0, 0.1) is 0 Å². The number of nitrogen functional groups attached to an aromatic ring is 1. The van der Waals surface area contributed by atoms with E-state index in [1.165, 1.54) is 12.1 Å². The van der Waals surface area contributed by atoms with Gasteiger partial charge in [-0.1, -0.05) is 0 Å². The molecule has 1 aromatic carbocycles. The quantitative estimate of drug-likeness (QED) is 0.525. The maximum Gasteiger partial charge on any atom is 0.254 e. The van der Waals surface area contributed by atoms with E-state index in [0.29, 0.717) is 18.7 Å². The number of hydrogen-bond acceptors (Lipinski definition) is 5. The number of aromatic hydroxyl groups is 1. The molecule has 0 radical (unpaired) electrons. The van der Waals surface area contributed by atoms with Crippen molar-refractivity contribution in [2.24, 2.45) is 0 Å². The molecule has 1 aliphatic rings. The second kappa shape index (κ2) is 5.46. The number of aliphatic hydroxyl groups excluding tert-OH is 1. The standard InChI is InChI=1S/C13H18N2O4/c1-8-5-15(6-10(7-16)19-8)13(18)9-2-3-11(14)12(17)4-9/h2-4,8,10,16-17H,5-7,14H2,1H3. The van der Waals surface area contributed by atoms with E-state index >= 15 is 0 Å². The largest absolute Gasteiger partial charge is 0.506 e. The van der Waals surface area contributed by atoms with Crippen LogP contribution in [0.15, 0.2) is 18.2 Å². The van der Waals surface area contributed by atoms with Crippen molar-refractivity contribution in [1.82, 2.24) is 4.90 Å². The lowest BCUT2D eigenvalue weighted by molar-refractivity contribution is -0.0858. The SMILES string of the molecule is CC1CN(C(=O)c2ccc(N)c(O)c2)CC(CO)O1.